The van der Waals surface area contributed by atoms with Gasteiger partial charge in [0, 0.05) is 6.61 Å². The predicted octanol–water partition coefficient (Wildman–Crippen LogP) is 5.14. The molecule has 0 saturated heterocycles. The number of rotatable bonds is 16. The van der Waals surface area contributed by atoms with Gasteiger partial charge in [0.25, 0.3) is 0 Å². The van der Waals surface area contributed by atoms with Gasteiger partial charge in [-0.15, -0.1) is 0 Å². The van der Waals surface area contributed by atoms with Gasteiger partial charge >= 0.3 is 5.97 Å². The molecule has 0 heterocycles. The maximum Gasteiger partial charge on any atom is 0.308 e. The highest BCUT2D eigenvalue weighted by molar-refractivity contribution is 5.70. The minimum Gasteiger partial charge on any atom is -0.460 e. The lowest BCUT2D eigenvalue weighted by Gasteiger charge is -2.20. The van der Waals surface area contributed by atoms with Crippen LogP contribution < -0.4 is 0 Å². The maximum absolute atomic E-state index is 11.6. The van der Waals surface area contributed by atoms with Crippen molar-refractivity contribution in [3.05, 3.63) is 0 Å². The van der Waals surface area contributed by atoms with Gasteiger partial charge in [-0.3, -0.25) is 4.79 Å². The molecule has 0 rings (SSSR count). The number of carbonyl (C=O) groups excluding carboxylic acids is 1. The molecule has 150 valence electrons. The lowest BCUT2D eigenvalue weighted by molar-refractivity contribution is -0.157. The molecule has 0 aliphatic heterocycles. The van der Waals surface area contributed by atoms with E-state index in [0.717, 1.165) is 25.7 Å². The molecule has 4 heteroatoms. The van der Waals surface area contributed by atoms with Gasteiger partial charge in [0.15, 0.2) is 0 Å². The van der Waals surface area contributed by atoms with Crippen LogP contribution >= 0.6 is 0 Å². The summed E-state index contributed by atoms with van der Waals surface area (Å²) in [7, 11) is 0. The Bertz CT molecular complexity index is 310. The molecule has 0 aliphatic rings. The first-order chi connectivity index (χ1) is 11.8. The lowest BCUT2D eigenvalue weighted by atomic mass is 10.0. The molecule has 1 atom stereocenters. The average molecular weight is 359 g/mol. The van der Waals surface area contributed by atoms with Crippen LogP contribution in [0.2, 0.25) is 0 Å². The molecule has 0 aromatic heterocycles. The fraction of sp³-hybridized carbons (Fsp3) is 0.952. The Morgan fingerprint density at radius 3 is 1.60 bits per heavy atom. The first-order valence-electron chi connectivity index (χ1n) is 10.4. The monoisotopic (exact) mass is 358 g/mol. The second kappa shape index (κ2) is 15.6. The van der Waals surface area contributed by atoms with Gasteiger partial charge in [-0.25, -0.2) is 0 Å². The highest BCUT2D eigenvalue weighted by Gasteiger charge is 2.18. The number of carbonyl (C=O) groups is 1. The van der Waals surface area contributed by atoms with Crippen molar-refractivity contribution >= 4 is 5.97 Å². The molecule has 0 fully saturated rings. The average Bonchev–Trinajstić information content (AvgIpc) is 2.49. The van der Waals surface area contributed by atoms with Crippen LogP contribution in [0, 0.1) is 0 Å². The molecule has 2 N–H and O–H groups in total. The molecule has 0 bridgehead atoms. The lowest BCUT2D eigenvalue weighted by Crippen LogP contribution is -2.26. The number of aliphatic hydroxyl groups is 2. The van der Waals surface area contributed by atoms with Crippen LogP contribution in [0.4, 0.5) is 0 Å². The Kier molecular flexibility index (Phi) is 15.2. The van der Waals surface area contributed by atoms with Crippen LogP contribution in [0.15, 0.2) is 0 Å². The number of unbranched alkanes of at least 4 members (excludes halogenated alkanes) is 11. The Morgan fingerprint density at radius 1 is 0.800 bits per heavy atom. The number of hydrogen-bond acceptors (Lipinski definition) is 4. The van der Waals surface area contributed by atoms with E-state index in [1.165, 1.54) is 51.4 Å². The number of esters is 1. The van der Waals surface area contributed by atoms with Crippen molar-refractivity contribution < 1.29 is 19.7 Å². The van der Waals surface area contributed by atoms with Crippen LogP contribution in [0.25, 0.3) is 0 Å². The Hall–Kier alpha value is -0.610. The van der Waals surface area contributed by atoms with E-state index in [1.807, 2.05) is 20.8 Å². The van der Waals surface area contributed by atoms with Crippen LogP contribution in [0.5, 0.6) is 0 Å². The van der Waals surface area contributed by atoms with Crippen molar-refractivity contribution in [1.29, 1.82) is 0 Å². The van der Waals surface area contributed by atoms with Gasteiger partial charge in [-0.2, -0.15) is 0 Å². The zero-order chi connectivity index (χ0) is 19.0. The normalized spacial score (nSPS) is 13.0. The summed E-state index contributed by atoms with van der Waals surface area (Å²) in [6.07, 6.45) is 14.8. The van der Waals surface area contributed by atoms with E-state index in [-0.39, 0.29) is 12.4 Å². The Labute approximate surface area is 155 Å². The van der Waals surface area contributed by atoms with E-state index in [0.29, 0.717) is 13.0 Å². The second-order valence-corrected chi connectivity index (χ2v) is 8.20. The summed E-state index contributed by atoms with van der Waals surface area (Å²) in [6.45, 7) is 5.86. The van der Waals surface area contributed by atoms with E-state index < -0.39 is 11.7 Å². The second-order valence-electron chi connectivity index (χ2n) is 8.20. The van der Waals surface area contributed by atoms with Gasteiger partial charge < -0.3 is 14.9 Å². The minimum atomic E-state index is -0.569. The largest absolute Gasteiger partial charge is 0.460 e. The molecule has 0 aliphatic carbocycles. The van der Waals surface area contributed by atoms with Gasteiger partial charge in [0.1, 0.15) is 5.60 Å². The molecule has 0 radical (unpaired) electrons. The van der Waals surface area contributed by atoms with Crippen molar-refractivity contribution in [2.24, 2.45) is 0 Å². The fourth-order valence-corrected chi connectivity index (χ4v) is 2.94. The molecule has 0 aromatic rings. The third-order valence-electron chi connectivity index (χ3n) is 4.27. The molecule has 0 unspecified atom stereocenters. The van der Waals surface area contributed by atoms with E-state index in [9.17, 15) is 9.90 Å². The van der Waals surface area contributed by atoms with Gasteiger partial charge in [-0.1, -0.05) is 70.6 Å². The smallest absolute Gasteiger partial charge is 0.308 e. The molecule has 4 nitrogen and oxygen atoms in total. The topological polar surface area (TPSA) is 66.8 Å². The summed E-state index contributed by atoms with van der Waals surface area (Å²) in [5.74, 6) is -0.309. The van der Waals surface area contributed by atoms with Crippen molar-refractivity contribution in [3.8, 4) is 0 Å². The molecule has 0 aromatic carbocycles. The van der Waals surface area contributed by atoms with E-state index in [4.69, 9.17) is 9.84 Å². The summed E-state index contributed by atoms with van der Waals surface area (Å²) in [5.41, 5.74) is -0.476. The third-order valence-corrected chi connectivity index (χ3v) is 4.27. The number of hydrogen-bond donors (Lipinski definition) is 2. The summed E-state index contributed by atoms with van der Waals surface area (Å²) in [6, 6.07) is 0. The van der Waals surface area contributed by atoms with Gasteiger partial charge in [0.2, 0.25) is 0 Å². The van der Waals surface area contributed by atoms with Gasteiger partial charge in [-0.05, 0) is 33.6 Å². The van der Waals surface area contributed by atoms with Crippen LogP contribution in [-0.4, -0.2) is 34.5 Å². The molecule has 0 amide bonds. The summed E-state index contributed by atoms with van der Waals surface area (Å²) in [5, 5.41) is 18.6. The van der Waals surface area contributed by atoms with Crippen LogP contribution in [0.3, 0.4) is 0 Å². The van der Waals surface area contributed by atoms with E-state index >= 15 is 0 Å². The van der Waals surface area contributed by atoms with E-state index in [2.05, 4.69) is 0 Å². The van der Waals surface area contributed by atoms with Crippen LogP contribution in [-0.2, 0) is 9.53 Å². The molecule has 0 spiro atoms. The predicted molar refractivity (Wildman–Crippen MR) is 104 cm³/mol. The van der Waals surface area contributed by atoms with E-state index in [1.54, 1.807) is 0 Å². The molecule has 25 heavy (non-hydrogen) atoms. The summed E-state index contributed by atoms with van der Waals surface area (Å²) in [4.78, 5) is 11.6. The highest BCUT2D eigenvalue weighted by atomic mass is 16.6. The summed E-state index contributed by atoms with van der Waals surface area (Å²) >= 11 is 0. The van der Waals surface area contributed by atoms with Crippen LogP contribution in [0.1, 0.15) is 111 Å². The van der Waals surface area contributed by atoms with Crippen molar-refractivity contribution in [2.45, 2.75) is 122 Å². The SMILES string of the molecule is CC(C)(C)OC(=O)C[C@H](O)CCCCCCCCCCCCCCO. The fourth-order valence-electron chi connectivity index (χ4n) is 2.94. The van der Waals surface area contributed by atoms with Crippen molar-refractivity contribution in [2.75, 3.05) is 6.61 Å². The van der Waals surface area contributed by atoms with Crippen molar-refractivity contribution in [1.82, 2.24) is 0 Å². The van der Waals surface area contributed by atoms with Gasteiger partial charge in [0.05, 0.1) is 12.5 Å². The highest BCUT2D eigenvalue weighted by Crippen LogP contribution is 2.15. The quantitative estimate of drug-likeness (QED) is 0.296. The Morgan fingerprint density at radius 2 is 1.20 bits per heavy atom. The molecule has 0 saturated carbocycles. The molecular formula is C21H42O4. The Balaban J connectivity index is 3.31. The van der Waals surface area contributed by atoms with Crippen molar-refractivity contribution in [3.63, 3.8) is 0 Å². The first kappa shape index (κ1) is 24.4. The first-order valence-corrected chi connectivity index (χ1v) is 10.4. The zero-order valence-corrected chi connectivity index (χ0v) is 16.9. The third kappa shape index (κ3) is 19.6. The molecular weight excluding hydrogens is 316 g/mol. The standard InChI is InChI=1S/C21H42O4/c1-21(2,3)25-20(24)18-19(23)16-14-12-10-8-6-4-5-7-9-11-13-15-17-22/h19,22-23H,4-18H2,1-3H3/t19-/m1/s1. The minimum absolute atomic E-state index is 0.107. The zero-order valence-electron chi connectivity index (χ0n) is 16.9. The number of aliphatic hydroxyl groups excluding tert-OH is 2. The number of ether oxygens (including phenoxy) is 1. The maximum atomic E-state index is 11.6. The summed E-state index contributed by atoms with van der Waals surface area (Å²) < 4.78 is 5.22.